The number of guanidine groups is 1. The second kappa shape index (κ2) is 11.4. The van der Waals surface area contributed by atoms with E-state index in [-0.39, 0.29) is 42.1 Å². The molecule has 1 aliphatic heterocycles. The smallest absolute Gasteiger partial charge is 0.243 e. The monoisotopic (exact) mass is 549 g/mol. The fourth-order valence-electron chi connectivity index (χ4n) is 3.02. The lowest BCUT2D eigenvalue weighted by Crippen LogP contribution is -2.52. The van der Waals surface area contributed by atoms with Crippen molar-refractivity contribution in [3.05, 3.63) is 52.2 Å². The zero-order valence-electron chi connectivity index (χ0n) is 17.0. The number of benzene rings is 1. The van der Waals surface area contributed by atoms with Crippen LogP contribution in [0.2, 0.25) is 0 Å². The molecule has 0 spiro atoms. The van der Waals surface area contributed by atoms with Gasteiger partial charge in [0.15, 0.2) is 5.96 Å². The van der Waals surface area contributed by atoms with E-state index >= 15 is 0 Å². The van der Waals surface area contributed by atoms with Crippen LogP contribution in [-0.2, 0) is 11.3 Å². The van der Waals surface area contributed by atoms with E-state index in [0.29, 0.717) is 38.7 Å². The Morgan fingerprint density at radius 3 is 2.57 bits per heavy atom. The number of piperazine rings is 1. The topological polar surface area (TPSA) is 51.2 Å². The first kappa shape index (κ1) is 24.3. The molecular formula is C20H26F2IN5OS. The maximum atomic E-state index is 14.1. The molecule has 0 aliphatic carbocycles. The van der Waals surface area contributed by atoms with Crippen molar-refractivity contribution in [1.29, 1.82) is 0 Å². The van der Waals surface area contributed by atoms with Gasteiger partial charge in [-0.25, -0.2) is 13.8 Å². The van der Waals surface area contributed by atoms with Crippen molar-refractivity contribution in [2.24, 2.45) is 4.99 Å². The average Bonchev–Trinajstić information content (AvgIpc) is 3.23. The van der Waals surface area contributed by atoms with Crippen molar-refractivity contribution < 1.29 is 13.6 Å². The van der Waals surface area contributed by atoms with Crippen molar-refractivity contribution in [3.8, 4) is 0 Å². The second-order valence-corrected chi connectivity index (χ2v) is 7.96. The Kier molecular flexibility index (Phi) is 9.28. The van der Waals surface area contributed by atoms with Gasteiger partial charge in [0.25, 0.3) is 0 Å². The largest absolute Gasteiger partial charge is 0.366 e. The van der Waals surface area contributed by atoms with Crippen molar-refractivity contribution in [2.75, 3.05) is 51.7 Å². The van der Waals surface area contributed by atoms with Gasteiger partial charge in [-0.2, -0.15) is 0 Å². The Labute approximate surface area is 196 Å². The highest BCUT2D eigenvalue weighted by Crippen LogP contribution is 2.22. The first-order valence-corrected chi connectivity index (χ1v) is 10.3. The van der Waals surface area contributed by atoms with Crippen LogP contribution in [0, 0.1) is 11.6 Å². The number of likely N-dealkylation sites (N-methyl/N-ethyl adjacent to an activating group) is 1. The van der Waals surface area contributed by atoms with Crippen LogP contribution in [0.15, 0.2) is 40.7 Å². The van der Waals surface area contributed by atoms with E-state index in [1.165, 1.54) is 11.0 Å². The molecule has 1 aliphatic rings. The first-order valence-electron chi connectivity index (χ1n) is 9.40. The number of nitrogens with zero attached hydrogens (tertiary/aromatic N) is 4. The summed E-state index contributed by atoms with van der Waals surface area (Å²) in [5.41, 5.74) is 0.275. The van der Waals surface area contributed by atoms with Crippen molar-refractivity contribution in [3.63, 3.8) is 0 Å². The Morgan fingerprint density at radius 2 is 1.93 bits per heavy atom. The van der Waals surface area contributed by atoms with Crippen LogP contribution >= 0.6 is 35.3 Å². The van der Waals surface area contributed by atoms with Crippen LogP contribution in [0.25, 0.3) is 0 Å². The molecule has 2 heterocycles. The summed E-state index contributed by atoms with van der Waals surface area (Å²) in [6, 6.07) is 7.52. The SMILES string of the molecule is CN(C)C(=O)CN=C(NCc1cccs1)N1CCN(c2cc(F)ccc2F)CC1.I. The molecule has 6 nitrogen and oxygen atoms in total. The highest BCUT2D eigenvalue weighted by Gasteiger charge is 2.22. The molecule has 1 aromatic heterocycles. The number of thiophene rings is 1. The van der Waals surface area contributed by atoms with Gasteiger partial charge >= 0.3 is 0 Å². The predicted molar refractivity (Wildman–Crippen MR) is 128 cm³/mol. The molecule has 0 saturated carbocycles. The fourth-order valence-corrected chi connectivity index (χ4v) is 3.66. The quantitative estimate of drug-likeness (QED) is 0.354. The third-order valence-electron chi connectivity index (χ3n) is 4.69. The molecule has 1 saturated heterocycles. The molecule has 0 atom stereocenters. The molecule has 10 heteroatoms. The Bertz CT molecular complexity index is 855. The number of nitrogens with one attached hydrogen (secondary N) is 1. The molecule has 0 bridgehead atoms. The summed E-state index contributed by atoms with van der Waals surface area (Å²) in [5.74, 6) is -0.319. The van der Waals surface area contributed by atoms with Gasteiger partial charge in [0.2, 0.25) is 5.91 Å². The Balaban J connectivity index is 0.00000320. The molecule has 1 amide bonds. The van der Waals surface area contributed by atoms with Gasteiger partial charge in [-0.3, -0.25) is 4.79 Å². The van der Waals surface area contributed by atoms with Gasteiger partial charge in [0.05, 0.1) is 12.2 Å². The van der Waals surface area contributed by atoms with Gasteiger partial charge in [0, 0.05) is 51.2 Å². The van der Waals surface area contributed by atoms with Crippen LogP contribution in [0.3, 0.4) is 0 Å². The van der Waals surface area contributed by atoms with E-state index in [2.05, 4.69) is 10.3 Å². The third kappa shape index (κ3) is 6.53. The van der Waals surface area contributed by atoms with E-state index in [9.17, 15) is 13.6 Å². The van der Waals surface area contributed by atoms with Crippen molar-refractivity contribution in [2.45, 2.75) is 6.54 Å². The molecule has 164 valence electrons. The highest BCUT2D eigenvalue weighted by molar-refractivity contribution is 14.0. The molecular weight excluding hydrogens is 523 g/mol. The van der Waals surface area contributed by atoms with Crippen LogP contribution in [0.1, 0.15) is 4.88 Å². The summed E-state index contributed by atoms with van der Waals surface area (Å²) in [6.45, 7) is 2.90. The van der Waals surface area contributed by atoms with Crippen LogP contribution in [0.5, 0.6) is 0 Å². The van der Waals surface area contributed by atoms with Crippen molar-refractivity contribution >= 4 is 52.9 Å². The normalized spacial score (nSPS) is 14.3. The molecule has 0 radical (unpaired) electrons. The standard InChI is InChI=1S/C20H25F2N5OS.HI/c1-25(2)19(28)14-24-20(23-13-16-4-3-11-29-16)27-9-7-26(8-10-27)18-12-15(21)5-6-17(18)22;/h3-6,11-12H,7-10,13-14H2,1-2H3,(H,23,24);1H. The fraction of sp³-hybridized carbons (Fsp3) is 0.400. The number of aliphatic imine (C=N–C) groups is 1. The average molecular weight is 549 g/mol. The number of hydrogen-bond acceptors (Lipinski definition) is 4. The summed E-state index contributed by atoms with van der Waals surface area (Å²) < 4.78 is 27.6. The number of amides is 1. The van der Waals surface area contributed by atoms with E-state index < -0.39 is 11.6 Å². The van der Waals surface area contributed by atoms with Gasteiger partial charge in [-0.1, -0.05) is 6.07 Å². The zero-order chi connectivity index (χ0) is 20.8. The molecule has 1 fully saturated rings. The summed E-state index contributed by atoms with van der Waals surface area (Å²) in [6.07, 6.45) is 0. The second-order valence-electron chi connectivity index (χ2n) is 6.93. The molecule has 30 heavy (non-hydrogen) atoms. The predicted octanol–water partition coefficient (Wildman–Crippen LogP) is 3.00. The van der Waals surface area contributed by atoms with Gasteiger partial charge in [0.1, 0.15) is 18.2 Å². The minimum Gasteiger partial charge on any atom is -0.366 e. The summed E-state index contributed by atoms with van der Waals surface area (Å²) in [4.78, 5) is 23.0. The summed E-state index contributed by atoms with van der Waals surface area (Å²) in [5, 5.41) is 5.33. The Morgan fingerprint density at radius 1 is 1.20 bits per heavy atom. The number of hydrogen-bond donors (Lipinski definition) is 1. The van der Waals surface area contributed by atoms with E-state index in [1.807, 2.05) is 27.3 Å². The minimum absolute atomic E-state index is 0. The number of carbonyl (C=O) groups is 1. The lowest BCUT2D eigenvalue weighted by atomic mass is 10.2. The van der Waals surface area contributed by atoms with Crippen LogP contribution in [0.4, 0.5) is 14.5 Å². The molecule has 1 N–H and O–H groups in total. The summed E-state index contributed by atoms with van der Waals surface area (Å²) >= 11 is 1.64. The number of anilines is 1. The Hall–Kier alpha value is -1.95. The van der Waals surface area contributed by atoms with E-state index in [1.54, 1.807) is 25.4 Å². The number of rotatable bonds is 5. The van der Waals surface area contributed by atoms with Gasteiger partial charge in [-0.05, 0) is 23.6 Å². The lowest BCUT2D eigenvalue weighted by Gasteiger charge is -2.37. The number of halogens is 3. The molecule has 2 aromatic rings. The van der Waals surface area contributed by atoms with Crippen LogP contribution < -0.4 is 10.2 Å². The number of carbonyl (C=O) groups excluding carboxylic acids is 1. The van der Waals surface area contributed by atoms with Crippen LogP contribution in [-0.4, -0.2) is 68.5 Å². The maximum Gasteiger partial charge on any atom is 0.243 e. The lowest BCUT2D eigenvalue weighted by molar-refractivity contribution is -0.127. The molecule has 3 rings (SSSR count). The van der Waals surface area contributed by atoms with E-state index in [4.69, 9.17) is 0 Å². The van der Waals surface area contributed by atoms with Crippen molar-refractivity contribution in [1.82, 2.24) is 15.1 Å². The highest BCUT2D eigenvalue weighted by atomic mass is 127. The summed E-state index contributed by atoms with van der Waals surface area (Å²) in [7, 11) is 3.39. The van der Waals surface area contributed by atoms with Gasteiger partial charge < -0.3 is 20.0 Å². The van der Waals surface area contributed by atoms with E-state index in [0.717, 1.165) is 17.0 Å². The molecule has 1 aromatic carbocycles. The maximum absolute atomic E-state index is 14.1. The molecule has 0 unspecified atom stereocenters. The van der Waals surface area contributed by atoms with Gasteiger partial charge in [-0.15, -0.1) is 35.3 Å². The minimum atomic E-state index is -0.453. The first-order chi connectivity index (χ1) is 13.9. The third-order valence-corrected chi connectivity index (χ3v) is 5.57. The zero-order valence-corrected chi connectivity index (χ0v) is 20.1.